The van der Waals surface area contributed by atoms with Crippen LogP contribution in [0.5, 0.6) is 0 Å². The number of nitrogens with zero attached hydrogens (tertiary/aromatic N) is 2. The van der Waals surface area contributed by atoms with Crippen molar-refractivity contribution in [1.82, 2.24) is 15.2 Å². The molecule has 158 valence electrons. The van der Waals surface area contributed by atoms with Crippen molar-refractivity contribution in [1.29, 1.82) is 0 Å². The number of rotatable bonds is 9. The maximum Gasteiger partial charge on any atom is 0.416 e. The van der Waals surface area contributed by atoms with Gasteiger partial charge in [0.1, 0.15) is 0 Å². The molecule has 2 aromatic rings. The average molecular weight is 408 g/mol. The summed E-state index contributed by atoms with van der Waals surface area (Å²) in [5.41, 5.74) is 0.186. The SMILES string of the molecule is CCNC(=NCCCCn1ccccc1=O)NCCc1ccc(C(F)(F)F)cc1. The highest BCUT2D eigenvalue weighted by Crippen LogP contribution is 2.29. The number of halogens is 3. The summed E-state index contributed by atoms with van der Waals surface area (Å²) in [6.45, 7) is 4.53. The van der Waals surface area contributed by atoms with Crippen LogP contribution in [0.4, 0.5) is 13.2 Å². The zero-order chi connectivity index (χ0) is 21.1. The van der Waals surface area contributed by atoms with E-state index in [4.69, 9.17) is 0 Å². The van der Waals surface area contributed by atoms with Gasteiger partial charge in [-0.2, -0.15) is 13.2 Å². The molecule has 0 saturated heterocycles. The van der Waals surface area contributed by atoms with Gasteiger partial charge < -0.3 is 15.2 Å². The summed E-state index contributed by atoms with van der Waals surface area (Å²) in [6, 6.07) is 10.3. The van der Waals surface area contributed by atoms with E-state index in [1.54, 1.807) is 22.9 Å². The van der Waals surface area contributed by atoms with Gasteiger partial charge in [-0.3, -0.25) is 9.79 Å². The number of aliphatic imine (C=N–C) groups is 1. The lowest BCUT2D eigenvalue weighted by Crippen LogP contribution is -2.38. The second-order valence-electron chi connectivity index (χ2n) is 6.57. The monoisotopic (exact) mass is 408 g/mol. The van der Waals surface area contributed by atoms with Gasteiger partial charge in [0, 0.05) is 38.4 Å². The lowest BCUT2D eigenvalue weighted by molar-refractivity contribution is -0.137. The Morgan fingerprint density at radius 2 is 1.83 bits per heavy atom. The minimum Gasteiger partial charge on any atom is -0.357 e. The molecule has 0 amide bonds. The van der Waals surface area contributed by atoms with Crippen molar-refractivity contribution < 1.29 is 13.2 Å². The van der Waals surface area contributed by atoms with E-state index in [1.165, 1.54) is 12.1 Å². The first-order chi connectivity index (χ1) is 13.9. The van der Waals surface area contributed by atoms with Gasteiger partial charge in [-0.1, -0.05) is 18.2 Å². The number of aryl methyl sites for hydroxylation is 1. The van der Waals surface area contributed by atoms with Crippen molar-refractivity contribution in [3.8, 4) is 0 Å². The number of unbranched alkanes of at least 4 members (excludes halogenated alkanes) is 1. The lowest BCUT2D eigenvalue weighted by atomic mass is 10.1. The van der Waals surface area contributed by atoms with E-state index in [2.05, 4.69) is 15.6 Å². The van der Waals surface area contributed by atoms with Crippen LogP contribution in [0.15, 0.2) is 58.4 Å². The Kier molecular flexibility index (Phi) is 8.76. The number of pyridine rings is 1. The van der Waals surface area contributed by atoms with E-state index < -0.39 is 11.7 Å². The van der Waals surface area contributed by atoms with E-state index >= 15 is 0 Å². The van der Waals surface area contributed by atoms with Crippen molar-refractivity contribution >= 4 is 5.96 Å². The summed E-state index contributed by atoms with van der Waals surface area (Å²) < 4.78 is 39.5. The molecule has 0 atom stereocenters. The number of guanidine groups is 1. The van der Waals surface area contributed by atoms with Crippen LogP contribution in [0.25, 0.3) is 0 Å². The first-order valence-electron chi connectivity index (χ1n) is 9.74. The van der Waals surface area contributed by atoms with E-state index in [9.17, 15) is 18.0 Å². The van der Waals surface area contributed by atoms with E-state index in [0.717, 1.165) is 30.5 Å². The number of nitrogens with one attached hydrogen (secondary N) is 2. The number of hydrogen-bond acceptors (Lipinski definition) is 2. The summed E-state index contributed by atoms with van der Waals surface area (Å²) in [5, 5.41) is 6.34. The highest BCUT2D eigenvalue weighted by molar-refractivity contribution is 5.79. The van der Waals surface area contributed by atoms with Crippen LogP contribution in [-0.2, 0) is 19.1 Å². The van der Waals surface area contributed by atoms with Gasteiger partial charge in [-0.05, 0) is 49.9 Å². The van der Waals surface area contributed by atoms with Gasteiger partial charge in [0.2, 0.25) is 5.56 Å². The fraction of sp³-hybridized carbons (Fsp3) is 0.429. The van der Waals surface area contributed by atoms with Gasteiger partial charge in [-0.25, -0.2) is 0 Å². The molecule has 1 heterocycles. The molecule has 2 rings (SSSR count). The van der Waals surface area contributed by atoms with Gasteiger partial charge in [0.15, 0.2) is 5.96 Å². The van der Waals surface area contributed by atoms with Gasteiger partial charge in [0.05, 0.1) is 5.56 Å². The third-order valence-corrected chi connectivity index (χ3v) is 4.31. The predicted octanol–water partition coefficient (Wildman–Crippen LogP) is 3.45. The quantitative estimate of drug-likeness (QED) is 0.380. The minimum absolute atomic E-state index is 0.00530. The molecule has 2 N–H and O–H groups in total. The summed E-state index contributed by atoms with van der Waals surface area (Å²) in [6.07, 6.45) is -0.247. The van der Waals surface area contributed by atoms with Crippen molar-refractivity contribution in [2.75, 3.05) is 19.6 Å². The summed E-state index contributed by atoms with van der Waals surface area (Å²) >= 11 is 0. The molecule has 0 aliphatic rings. The lowest BCUT2D eigenvalue weighted by Gasteiger charge is -2.12. The first-order valence-corrected chi connectivity index (χ1v) is 9.74. The van der Waals surface area contributed by atoms with Crippen LogP contribution in [0.3, 0.4) is 0 Å². The fourth-order valence-corrected chi connectivity index (χ4v) is 2.76. The summed E-state index contributed by atoms with van der Waals surface area (Å²) in [5.74, 6) is 0.677. The maximum absolute atomic E-state index is 12.6. The number of alkyl halides is 3. The third kappa shape index (κ3) is 8.01. The van der Waals surface area contributed by atoms with Gasteiger partial charge in [0.25, 0.3) is 0 Å². The van der Waals surface area contributed by atoms with Crippen molar-refractivity contribution in [2.24, 2.45) is 4.99 Å². The fourth-order valence-electron chi connectivity index (χ4n) is 2.76. The molecule has 1 aromatic heterocycles. The summed E-state index contributed by atoms with van der Waals surface area (Å²) in [4.78, 5) is 16.1. The molecule has 0 fully saturated rings. The molecule has 29 heavy (non-hydrogen) atoms. The second-order valence-corrected chi connectivity index (χ2v) is 6.57. The Morgan fingerprint density at radius 1 is 1.07 bits per heavy atom. The maximum atomic E-state index is 12.6. The van der Waals surface area contributed by atoms with E-state index in [1.807, 2.05) is 13.0 Å². The van der Waals surface area contributed by atoms with Crippen LogP contribution in [-0.4, -0.2) is 30.2 Å². The molecule has 0 radical (unpaired) electrons. The number of hydrogen-bond donors (Lipinski definition) is 2. The van der Waals surface area contributed by atoms with Crippen LogP contribution < -0.4 is 16.2 Å². The molecule has 0 unspecified atom stereocenters. The average Bonchev–Trinajstić information content (AvgIpc) is 2.69. The molecule has 0 bridgehead atoms. The van der Waals surface area contributed by atoms with E-state index in [-0.39, 0.29) is 5.56 Å². The first kappa shape index (κ1) is 22.5. The molecule has 0 aliphatic carbocycles. The molecule has 0 aliphatic heterocycles. The van der Waals surface area contributed by atoms with Crippen molar-refractivity contribution in [3.63, 3.8) is 0 Å². The normalized spacial score (nSPS) is 12.1. The molecule has 8 heteroatoms. The molecule has 1 aromatic carbocycles. The molecule has 0 spiro atoms. The largest absolute Gasteiger partial charge is 0.416 e. The van der Waals surface area contributed by atoms with Crippen molar-refractivity contribution in [2.45, 2.75) is 38.9 Å². The van der Waals surface area contributed by atoms with Gasteiger partial charge in [-0.15, -0.1) is 0 Å². The Hall–Kier alpha value is -2.77. The molecular formula is C21H27F3N4O. The standard InChI is InChI=1S/C21H27F3N4O/c1-2-25-20(26-13-4-6-16-28-15-5-3-7-19(28)29)27-14-12-17-8-10-18(11-9-17)21(22,23)24/h3,5,7-11,15H,2,4,6,12-14,16H2,1H3,(H2,25,26,27). The second kappa shape index (κ2) is 11.3. The third-order valence-electron chi connectivity index (χ3n) is 4.31. The van der Waals surface area contributed by atoms with Crippen LogP contribution in [0.1, 0.15) is 30.9 Å². The highest BCUT2D eigenvalue weighted by Gasteiger charge is 2.29. The summed E-state index contributed by atoms with van der Waals surface area (Å²) in [7, 11) is 0. The Labute approximate surface area is 168 Å². The zero-order valence-corrected chi connectivity index (χ0v) is 16.5. The minimum atomic E-state index is -4.31. The molecular weight excluding hydrogens is 381 g/mol. The Morgan fingerprint density at radius 3 is 2.48 bits per heavy atom. The predicted molar refractivity (Wildman–Crippen MR) is 109 cm³/mol. The highest BCUT2D eigenvalue weighted by atomic mass is 19.4. The number of aromatic nitrogens is 1. The van der Waals surface area contributed by atoms with Crippen LogP contribution >= 0.6 is 0 Å². The molecule has 0 saturated carbocycles. The smallest absolute Gasteiger partial charge is 0.357 e. The van der Waals surface area contributed by atoms with Crippen LogP contribution in [0.2, 0.25) is 0 Å². The van der Waals surface area contributed by atoms with Gasteiger partial charge >= 0.3 is 6.18 Å². The Balaban J connectivity index is 1.74. The number of benzene rings is 1. The van der Waals surface area contributed by atoms with E-state index in [0.29, 0.717) is 38.6 Å². The Bertz CT molecular complexity index is 829. The topological polar surface area (TPSA) is 58.4 Å². The van der Waals surface area contributed by atoms with Crippen LogP contribution in [0, 0.1) is 0 Å². The zero-order valence-electron chi connectivity index (χ0n) is 16.5. The van der Waals surface area contributed by atoms with Crippen molar-refractivity contribution in [3.05, 3.63) is 70.1 Å². The molecule has 5 nitrogen and oxygen atoms in total.